The summed E-state index contributed by atoms with van der Waals surface area (Å²) in [5.74, 6) is -0.770. The summed E-state index contributed by atoms with van der Waals surface area (Å²) in [7, 11) is 0. The molecule has 0 radical (unpaired) electrons. The zero-order chi connectivity index (χ0) is 11.4. The lowest BCUT2D eigenvalue weighted by Gasteiger charge is -1.99. The molecule has 78 valence electrons. The van der Waals surface area contributed by atoms with Gasteiger partial charge in [0, 0.05) is 16.1 Å². The number of ketones is 2. The smallest absolute Gasteiger partial charge is 0.265 e. The van der Waals surface area contributed by atoms with Gasteiger partial charge in [-0.05, 0) is 13.0 Å². The summed E-state index contributed by atoms with van der Waals surface area (Å²) in [4.78, 5) is 31.7. The second-order valence-electron chi connectivity index (χ2n) is 3.05. The van der Waals surface area contributed by atoms with E-state index in [1.807, 2.05) is 0 Å². The highest BCUT2D eigenvalue weighted by Crippen LogP contribution is 2.06. The standard InChI is InChI=1S/C10H9NO4/c1-7(12)8-3-2-4-9(5-8)10(13)6-11(14)15/h2-5H,6H2,1H3. The third kappa shape index (κ3) is 2.98. The van der Waals surface area contributed by atoms with Crippen molar-refractivity contribution in [3.8, 4) is 0 Å². The summed E-state index contributed by atoms with van der Waals surface area (Å²) in [6.45, 7) is 0.623. The topological polar surface area (TPSA) is 77.3 Å². The Morgan fingerprint density at radius 2 is 1.93 bits per heavy atom. The molecular formula is C10H9NO4. The van der Waals surface area contributed by atoms with Gasteiger partial charge in [0.15, 0.2) is 5.78 Å². The van der Waals surface area contributed by atoms with Crippen LogP contribution in [0.2, 0.25) is 0 Å². The summed E-state index contributed by atoms with van der Waals surface area (Å²) in [6.07, 6.45) is 0. The average molecular weight is 207 g/mol. The quantitative estimate of drug-likeness (QED) is 0.424. The number of carbonyl (C=O) groups excluding carboxylic acids is 2. The van der Waals surface area contributed by atoms with Crippen LogP contribution in [0, 0.1) is 10.1 Å². The van der Waals surface area contributed by atoms with E-state index in [1.165, 1.54) is 25.1 Å². The van der Waals surface area contributed by atoms with E-state index in [0.29, 0.717) is 5.56 Å². The van der Waals surface area contributed by atoms with Crippen molar-refractivity contribution < 1.29 is 14.5 Å². The molecule has 0 aliphatic carbocycles. The van der Waals surface area contributed by atoms with Crippen LogP contribution in [0.5, 0.6) is 0 Å². The van der Waals surface area contributed by atoms with E-state index in [1.54, 1.807) is 6.07 Å². The monoisotopic (exact) mass is 207 g/mol. The van der Waals surface area contributed by atoms with E-state index in [4.69, 9.17) is 0 Å². The van der Waals surface area contributed by atoms with Gasteiger partial charge >= 0.3 is 0 Å². The Kier molecular flexibility index (Phi) is 3.28. The minimum Gasteiger partial charge on any atom is -0.295 e. The molecule has 0 atom stereocenters. The molecule has 0 saturated carbocycles. The average Bonchev–Trinajstić information content (AvgIpc) is 2.17. The number of rotatable bonds is 4. The molecule has 1 aromatic carbocycles. The molecule has 5 nitrogen and oxygen atoms in total. The number of nitro groups is 1. The lowest BCUT2D eigenvalue weighted by molar-refractivity contribution is -0.465. The number of Topliss-reactive ketones (excluding diaryl/α,β-unsaturated/α-hetero) is 2. The maximum atomic E-state index is 11.3. The lowest BCUT2D eigenvalue weighted by atomic mass is 10.1. The van der Waals surface area contributed by atoms with E-state index in [0.717, 1.165) is 0 Å². The van der Waals surface area contributed by atoms with Gasteiger partial charge < -0.3 is 0 Å². The van der Waals surface area contributed by atoms with Crippen molar-refractivity contribution in [2.75, 3.05) is 6.54 Å². The minimum absolute atomic E-state index is 0.175. The maximum absolute atomic E-state index is 11.3. The van der Waals surface area contributed by atoms with Gasteiger partial charge in [-0.25, -0.2) is 0 Å². The molecule has 15 heavy (non-hydrogen) atoms. The third-order valence-electron chi connectivity index (χ3n) is 1.86. The Hall–Kier alpha value is -2.04. The highest BCUT2D eigenvalue weighted by molar-refractivity contribution is 6.00. The molecule has 0 bridgehead atoms. The van der Waals surface area contributed by atoms with Gasteiger partial charge in [0.05, 0.1) is 0 Å². The molecule has 1 rings (SSSR count). The summed E-state index contributed by atoms with van der Waals surface area (Å²) < 4.78 is 0. The number of carbonyl (C=O) groups is 2. The molecule has 0 aromatic heterocycles. The number of hydrogen-bond acceptors (Lipinski definition) is 4. The van der Waals surface area contributed by atoms with Crippen molar-refractivity contribution in [3.05, 3.63) is 45.5 Å². The molecule has 0 saturated heterocycles. The molecule has 0 spiro atoms. The van der Waals surface area contributed by atoms with Crippen LogP contribution in [0.4, 0.5) is 0 Å². The molecule has 0 fully saturated rings. The summed E-state index contributed by atoms with van der Waals surface area (Å²) in [6, 6.07) is 5.92. The van der Waals surface area contributed by atoms with Gasteiger partial charge in [0.2, 0.25) is 5.78 Å². The largest absolute Gasteiger partial charge is 0.295 e. The second kappa shape index (κ2) is 4.45. The normalized spacial score (nSPS) is 9.67. The molecule has 0 aliphatic rings. The van der Waals surface area contributed by atoms with Gasteiger partial charge in [-0.2, -0.15) is 0 Å². The first-order valence-electron chi connectivity index (χ1n) is 4.26. The van der Waals surface area contributed by atoms with E-state index in [2.05, 4.69) is 0 Å². The van der Waals surface area contributed by atoms with E-state index in [-0.39, 0.29) is 11.3 Å². The number of hydrogen-bond donors (Lipinski definition) is 0. The Morgan fingerprint density at radius 3 is 2.47 bits per heavy atom. The molecule has 0 heterocycles. The van der Waals surface area contributed by atoms with Crippen LogP contribution in [0.1, 0.15) is 27.6 Å². The molecule has 0 aliphatic heterocycles. The molecular weight excluding hydrogens is 198 g/mol. The summed E-state index contributed by atoms with van der Waals surface area (Å²) in [5, 5.41) is 10.1. The van der Waals surface area contributed by atoms with Crippen LogP contribution in [0.25, 0.3) is 0 Å². The predicted octanol–water partition coefficient (Wildman–Crippen LogP) is 1.35. The highest BCUT2D eigenvalue weighted by atomic mass is 16.6. The Morgan fingerprint density at radius 1 is 1.33 bits per heavy atom. The van der Waals surface area contributed by atoms with Gasteiger partial charge in [-0.1, -0.05) is 18.2 Å². The van der Waals surface area contributed by atoms with E-state index in [9.17, 15) is 19.7 Å². The van der Waals surface area contributed by atoms with Crippen molar-refractivity contribution in [1.82, 2.24) is 0 Å². The fraction of sp³-hybridized carbons (Fsp3) is 0.200. The summed E-state index contributed by atoms with van der Waals surface area (Å²) in [5.41, 5.74) is 0.573. The van der Waals surface area contributed by atoms with Gasteiger partial charge in [-0.3, -0.25) is 19.7 Å². The van der Waals surface area contributed by atoms with Gasteiger partial charge in [0.25, 0.3) is 6.54 Å². The van der Waals surface area contributed by atoms with E-state index < -0.39 is 17.3 Å². The molecule has 1 aromatic rings. The lowest BCUT2D eigenvalue weighted by Crippen LogP contribution is -2.14. The van der Waals surface area contributed by atoms with Crippen molar-refractivity contribution in [2.45, 2.75) is 6.92 Å². The maximum Gasteiger partial charge on any atom is 0.265 e. The van der Waals surface area contributed by atoms with Crippen LogP contribution in [0.3, 0.4) is 0 Å². The summed E-state index contributed by atoms with van der Waals surface area (Å²) >= 11 is 0. The van der Waals surface area contributed by atoms with Crippen molar-refractivity contribution in [1.29, 1.82) is 0 Å². The van der Waals surface area contributed by atoms with Crippen LogP contribution >= 0.6 is 0 Å². The molecule has 0 N–H and O–H groups in total. The first-order chi connectivity index (χ1) is 7.00. The second-order valence-corrected chi connectivity index (χ2v) is 3.05. The zero-order valence-electron chi connectivity index (χ0n) is 8.10. The third-order valence-corrected chi connectivity index (χ3v) is 1.86. The van der Waals surface area contributed by atoms with Crippen molar-refractivity contribution in [3.63, 3.8) is 0 Å². The number of nitrogens with zero attached hydrogens (tertiary/aromatic N) is 1. The van der Waals surface area contributed by atoms with Crippen LogP contribution in [0.15, 0.2) is 24.3 Å². The van der Waals surface area contributed by atoms with Crippen LogP contribution in [-0.4, -0.2) is 23.0 Å². The fourth-order valence-corrected chi connectivity index (χ4v) is 1.12. The predicted molar refractivity (Wildman–Crippen MR) is 52.6 cm³/mol. The Bertz CT molecular complexity index is 425. The minimum atomic E-state index is -0.749. The Labute approximate surface area is 85.9 Å². The Balaban J connectivity index is 2.95. The number of benzene rings is 1. The van der Waals surface area contributed by atoms with E-state index >= 15 is 0 Å². The van der Waals surface area contributed by atoms with Gasteiger partial charge in [0.1, 0.15) is 0 Å². The first-order valence-corrected chi connectivity index (χ1v) is 4.26. The molecule has 0 amide bonds. The van der Waals surface area contributed by atoms with Crippen molar-refractivity contribution in [2.24, 2.45) is 0 Å². The van der Waals surface area contributed by atoms with Gasteiger partial charge in [-0.15, -0.1) is 0 Å². The zero-order valence-corrected chi connectivity index (χ0v) is 8.10. The molecule has 0 unspecified atom stereocenters. The molecule has 5 heteroatoms. The van der Waals surface area contributed by atoms with Crippen LogP contribution < -0.4 is 0 Å². The highest BCUT2D eigenvalue weighted by Gasteiger charge is 2.13. The fourth-order valence-electron chi connectivity index (χ4n) is 1.12. The SMILES string of the molecule is CC(=O)c1cccc(C(=O)C[N+](=O)[O-])c1. The first kappa shape index (κ1) is 11.0. The van der Waals surface area contributed by atoms with Crippen LogP contribution in [-0.2, 0) is 0 Å². The van der Waals surface area contributed by atoms with Crippen molar-refractivity contribution >= 4 is 11.6 Å².